The first-order valence-electron chi connectivity index (χ1n) is 13.3. The van der Waals surface area contributed by atoms with Gasteiger partial charge in [0.2, 0.25) is 0 Å². The number of carbonyl (C=O) groups is 1. The number of nitrogens with two attached hydrogens (primary N) is 2. The van der Waals surface area contributed by atoms with Gasteiger partial charge >= 0.3 is 23.5 Å². The zero-order valence-corrected chi connectivity index (χ0v) is 26.6. The van der Waals surface area contributed by atoms with E-state index in [2.05, 4.69) is 23.8 Å². The highest BCUT2D eigenvalue weighted by atomic mass is 31.3. The summed E-state index contributed by atoms with van der Waals surface area (Å²) in [6, 6.07) is 2.79. The van der Waals surface area contributed by atoms with E-state index in [1.807, 2.05) is 0 Å². The van der Waals surface area contributed by atoms with Gasteiger partial charge in [-0.2, -0.15) is 8.88 Å². The maximum atomic E-state index is 12.6. The molecule has 5 heterocycles. The van der Waals surface area contributed by atoms with Crippen LogP contribution in [-0.2, 0) is 41.1 Å². The lowest BCUT2D eigenvalue weighted by atomic mass is 10.1. The number of hydrogen-bond acceptors (Lipinski definition) is 17. The van der Waals surface area contributed by atoms with Crippen molar-refractivity contribution >= 4 is 46.4 Å². The van der Waals surface area contributed by atoms with Crippen LogP contribution in [0.3, 0.4) is 0 Å². The summed E-state index contributed by atoms with van der Waals surface area (Å²) in [7, 11) is -16.3. The van der Waals surface area contributed by atoms with E-state index in [0.717, 1.165) is 17.2 Å². The summed E-state index contributed by atoms with van der Waals surface area (Å²) in [6.07, 6.45) is -8.39. The summed E-state index contributed by atoms with van der Waals surface area (Å²) in [5.41, 5.74) is 11.1. The third-order valence-corrected chi connectivity index (χ3v) is 10.1. The first kappa shape index (κ1) is 36.4. The minimum Gasteiger partial charge on any atom is -0.387 e. The number of aromatic nitrogens is 5. The molecule has 2 fully saturated rings. The topological polar surface area (TPSA) is 365 Å². The molecular weight excluding hydrogens is 715 g/mol. The van der Waals surface area contributed by atoms with Gasteiger partial charge in [0.05, 0.1) is 19.5 Å². The molecule has 2 saturated heterocycles. The van der Waals surface area contributed by atoms with Crippen molar-refractivity contribution in [1.29, 1.82) is 0 Å². The van der Waals surface area contributed by atoms with Crippen molar-refractivity contribution in [3.63, 3.8) is 0 Å². The molecule has 0 radical (unpaired) electrons. The molecule has 2 aliphatic rings. The van der Waals surface area contributed by atoms with E-state index < -0.39 is 91.7 Å². The van der Waals surface area contributed by atoms with Gasteiger partial charge in [-0.05, 0) is 6.07 Å². The Morgan fingerprint density at radius 1 is 0.958 bits per heavy atom. The number of primary amides is 1. The monoisotopic (exact) mass is 744 g/mol. The van der Waals surface area contributed by atoms with Crippen molar-refractivity contribution < 1.29 is 85.3 Å². The van der Waals surface area contributed by atoms with Gasteiger partial charge in [0.25, 0.3) is 12.1 Å². The van der Waals surface area contributed by atoms with E-state index in [-0.39, 0.29) is 22.5 Å². The van der Waals surface area contributed by atoms with E-state index >= 15 is 0 Å². The third kappa shape index (κ3) is 8.12. The molecule has 2 aliphatic heterocycles. The number of phosphoric acid groups is 3. The molecule has 3 aromatic rings. The molecule has 11 N–H and O–H groups in total. The highest BCUT2D eigenvalue weighted by Crippen LogP contribution is 2.61. The molecule has 0 spiro atoms. The van der Waals surface area contributed by atoms with Gasteiger partial charge in [0, 0.05) is 6.07 Å². The summed E-state index contributed by atoms with van der Waals surface area (Å²) in [5, 5.41) is 31.5. The molecule has 3 unspecified atom stereocenters. The number of hydrogen-bond donors (Lipinski definition) is 9. The molecule has 0 bridgehead atoms. The fourth-order valence-corrected chi connectivity index (χ4v) is 7.47. The summed E-state index contributed by atoms with van der Waals surface area (Å²) >= 11 is 0. The van der Waals surface area contributed by atoms with Gasteiger partial charge in [0.15, 0.2) is 36.2 Å². The number of fused-ring (bicyclic) bond motifs is 1. The second-order valence-electron chi connectivity index (χ2n) is 10.3. The normalized spacial score (nSPS) is 30.3. The van der Waals surface area contributed by atoms with E-state index in [1.165, 1.54) is 29.1 Å². The van der Waals surface area contributed by atoms with Gasteiger partial charge in [-0.3, -0.25) is 22.9 Å². The number of aliphatic hydroxyl groups excluding tert-OH is 3. The lowest BCUT2D eigenvalue weighted by molar-refractivity contribution is -0.765. The molecule has 0 aliphatic carbocycles. The fraction of sp³-hybridized carbons (Fsp3) is 0.476. The van der Waals surface area contributed by atoms with Crippen LogP contribution < -0.4 is 16.0 Å². The van der Waals surface area contributed by atoms with Gasteiger partial charge in [-0.25, -0.2) is 28.6 Å². The number of nitrogens with zero attached hydrogens (tertiary/aromatic N) is 5. The molecule has 1 amide bonds. The highest BCUT2D eigenvalue weighted by molar-refractivity contribution is 7.61. The summed E-state index contributed by atoms with van der Waals surface area (Å²) in [6.45, 7) is -2.03. The lowest BCUT2D eigenvalue weighted by Gasteiger charge is -2.22. The molecule has 264 valence electrons. The Bertz CT molecular complexity index is 1810. The van der Waals surface area contributed by atoms with Crippen molar-refractivity contribution in [2.45, 2.75) is 49.1 Å². The van der Waals surface area contributed by atoms with Crippen LogP contribution >= 0.6 is 23.5 Å². The van der Waals surface area contributed by atoms with Crippen molar-refractivity contribution in [2.24, 2.45) is 5.73 Å². The molecule has 27 heteroatoms. The first-order chi connectivity index (χ1) is 22.4. The minimum absolute atomic E-state index is 0.00286. The Balaban J connectivity index is 1.21. The first-order valence-corrected chi connectivity index (χ1v) is 17.9. The maximum Gasteiger partial charge on any atom is 0.481 e. The number of aliphatic hydroxyl groups is 3. The number of rotatable bonds is 13. The highest BCUT2D eigenvalue weighted by Gasteiger charge is 2.51. The summed E-state index contributed by atoms with van der Waals surface area (Å²) in [4.78, 5) is 62.2. The summed E-state index contributed by atoms with van der Waals surface area (Å²) in [5.74, 6) is -0.848. The van der Waals surface area contributed by atoms with Crippen molar-refractivity contribution in [3.8, 4) is 0 Å². The van der Waals surface area contributed by atoms with E-state index in [9.17, 15) is 53.4 Å². The quantitative estimate of drug-likeness (QED) is 0.0626. The zero-order chi connectivity index (χ0) is 35.2. The molecule has 10 atom stereocenters. The Morgan fingerprint density at radius 2 is 1.60 bits per heavy atom. The Kier molecular flexibility index (Phi) is 10.5. The van der Waals surface area contributed by atoms with Crippen molar-refractivity contribution in [3.05, 3.63) is 42.7 Å². The van der Waals surface area contributed by atoms with Crippen LogP contribution in [-0.4, -0.2) is 110 Å². The number of imidazole rings is 1. The van der Waals surface area contributed by atoms with E-state index in [4.69, 9.17) is 30.0 Å². The number of amides is 1. The molecule has 0 saturated carbocycles. The van der Waals surface area contributed by atoms with Gasteiger partial charge in [-0.15, -0.1) is 0 Å². The molecule has 0 aromatic carbocycles. The van der Waals surface area contributed by atoms with Crippen molar-refractivity contribution in [2.75, 3.05) is 18.9 Å². The number of anilines is 1. The maximum absolute atomic E-state index is 12.6. The Morgan fingerprint density at radius 3 is 2.23 bits per heavy atom. The predicted molar refractivity (Wildman–Crippen MR) is 150 cm³/mol. The van der Waals surface area contributed by atoms with Crippen LogP contribution in [0.25, 0.3) is 11.2 Å². The fourth-order valence-electron chi connectivity index (χ4n) is 4.83. The average molecular weight is 744 g/mol. The van der Waals surface area contributed by atoms with Crippen molar-refractivity contribution in [1.82, 2.24) is 19.5 Å². The van der Waals surface area contributed by atoms with E-state index in [1.54, 1.807) is 0 Å². The number of ether oxygens (including phenoxy) is 2. The molecule has 5 rings (SSSR count). The van der Waals surface area contributed by atoms with E-state index in [0.29, 0.717) is 0 Å². The number of pyridine rings is 1. The lowest BCUT2D eigenvalue weighted by Crippen LogP contribution is -2.46. The smallest absolute Gasteiger partial charge is 0.387 e. The van der Waals surface area contributed by atoms with Gasteiger partial charge in [0.1, 0.15) is 47.9 Å². The van der Waals surface area contributed by atoms with Crippen LogP contribution in [0.15, 0.2) is 37.2 Å². The van der Waals surface area contributed by atoms with Gasteiger partial charge in [-0.1, -0.05) is 0 Å². The standard InChI is InChI=1S/C21H28N7O17P3/c22-17-12-19(25-7-24-17)28(8-26-12)21-16(44-46(33,34)35)14(30)11(43-21)6-41-48(38,39)45-47(36,37)40-5-10-13(29)15(31)20(42-10)27-3-1-2-9(4-27)18(23)32/h1-4,7-8,10-11,13-16,20-21,29-31H,5-6H2,(H7-,22,23,24,25,32,33,34,35,36,37,38,39)/p+1/t10-,11-,13-,14?,15-,16-,20-,21-/m1/s1. The minimum atomic E-state index is -5.52. The largest absolute Gasteiger partial charge is 0.481 e. The SMILES string of the molecule is NC(=O)c1ccc[n+]([C@@H]2O[C@H](COP(=O)(O)OP(=O)(O)OC[C@H]3O[C@@H](n4cnc5c(N)ncnc54)[C@H](OP(=O)(O)O)C3O)[C@@H](O)[C@H]2O)c1. The van der Waals surface area contributed by atoms with Crippen LogP contribution in [0.5, 0.6) is 0 Å². The Labute approximate surface area is 267 Å². The molecule has 24 nitrogen and oxygen atoms in total. The molecular formula is C21H29N7O17P3+. The second kappa shape index (κ2) is 13.8. The van der Waals surface area contributed by atoms with Gasteiger partial charge < -0.3 is 55.8 Å². The Hall–Kier alpha value is -2.86. The van der Waals surface area contributed by atoms with Crippen LogP contribution in [0, 0.1) is 0 Å². The average Bonchev–Trinajstić information content (AvgIpc) is 3.64. The number of nitrogen functional groups attached to an aromatic ring is 1. The zero-order valence-electron chi connectivity index (χ0n) is 23.9. The number of carbonyl (C=O) groups excluding carboxylic acids is 1. The van der Waals surface area contributed by atoms with Crippen LogP contribution in [0.1, 0.15) is 22.8 Å². The molecule has 48 heavy (non-hydrogen) atoms. The number of phosphoric ester groups is 3. The predicted octanol–water partition coefficient (Wildman–Crippen LogP) is -2.90. The van der Waals surface area contributed by atoms with Crippen LogP contribution in [0.4, 0.5) is 5.82 Å². The third-order valence-electron chi connectivity index (χ3n) is 6.98. The second-order valence-corrected chi connectivity index (χ2v) is 14.5. The summed E-state index contributed by atoms with van der Waals surface area (Å²) < 4.78 is 68.4. The molecule has 3 aromatic heterocycles. The van der Waals surface area contributed by atoms with Crippen LogP contribution in [0.2, 0.25) is 0 Å².